The zero-order valence-electron chi connectivity index (χ0n) is 10.4. The van der Waals surface area contributed by atoms with Crippen LogP contribution in [0.3, 0.4) is 0 Å². The van der Waals surface area contributed by atoms with Crippen LogP contribution in [0.25, 0.3) is 0 Å². The number of carbonyl (C=O) groups excluding carboxylic acids is 1. The van der Waals surface area contributed by atoms with Crippen molar-refractivity contribution in [2.24, 2.45) is 11.8 Å². The first-order chi connectivity index (χ1) is 8.11. The molecule has 2 aliphatic rings. The fourth-order valence-corrected chi connectivity index (χ4v) is 3.19. The van der Waals surface area contributed by atoms with Gasteiger partial charge in [0, 0.05) is 12.6 Å². The zero-order valence-corrected chi connectivity index (χ0v) is 10.4. The van der Waals surface area contributed by atoms with E-state index in [1.807, 2.05) is 4.90 Å². The van der Waals surface area contributed by atoms with Gasteiger partial charge in [-0.15, -0.1) is 0 Å². The number of piperidine rings is 1. The third kappa shape index (κ3) is 2.45. The van der Waals surface area contributed by atoms with Crippen molar-refractivity contribution in [2.75, 3.05) is 6.54 Å². The quantitative estimate of drug-likeness (QED) is 0.800. The number of hydrogen-bond donors (Lipinski definition) is 1. The number of nitrogens with zero attached hydrogens (tertiary/aromatic N) is 1. The summed E-state index contributed by atoms with van der Waals surface area (Å²) < 4.78 is 0. The Labute approximate surface area is 102 Å². The molecule has 1 N–H and O–H groups in total. The van der Waals surface area contributed by atoms with Gasteiger partial charge in [0.1, 0.15) is 0 Å². The summed E-state index contributed by atoms with van der Waals surface area (Å²) in [6.07, 6.45) is 5.57. The first-order valence-electron chi connectivity index (χ1n) is 6.64. The number of amides is 1. The second kappa shape index (κ2) is 5.07. The summed E-state index contributed by atoms with van der Waals surface area (Å²) in [6, 6.07) is 0.284. The summed E-state index contributed by atoms with van der Waals surface area (Å²) in [5, 5.41) is 9.13. The minimum atomic E-state index is -0.800. The molecule has 0 radical (unpaired) electrons. The molecule has 3 atom stereocenters. The maximum atomic E-state index is 12.4. The van der Waals surface area contributed by atoms with E-state index in [4.69, 9.17) is 5.11 Å². The highest BCUT2D eigenvalue weighted by molar-refractivity contribution is 5.85. The lowest BCUT2D eigenvalue weighted by Gasteiger charge is -2.36. The van der Waals surface area contributed by atoms with E-state index < -0.39 is 11.9 Å². The lowest BCUT2D eigenvalue weighted by Crippen LogP contribution is -2.46. The first kappa shape index (κ1) is 12.4. The summed E-state index contributed by atoms with van der Waals surface area (Å²) in [7, 11) is 0. The molecular weight excluding hydrogens is 218 g/mol. The number of hydrogen-bond acceptors (Lipinski definition) is 2. The number of carbonyl (C=O) groups is 2. The molecule has 1 unspecified atom stereocenters. The lowest BCUT2D eigenvalue weighted by molar-refractivity contribution is -0.150. The van der Waals surface area contributed by atoms with Crippen LogP contribution in [0.1, 0.15) is 45.4 Å². The minimum absolute atomic E-state index is 0.0853. The number of carboxylic acid groups (broad SMARTS) is 1. The average molecular weight is 239 g/mol. The number of rotatable bonds is 2. The van der Waals surface area contributed by atoms with Gasteiger partial charge in [-0.05, 0) is 39.0 Å². The van der Waals surface area contributed by atoms with Crippen molar-refractivity contribution in [2.45, 2.75) is 51.5 Å². The Bertz CT molecular complexity index is 316. The minimum Gasteiger partial charge on any atom is -0.481 e. The maximum absolute atomic E-state index is 12.4. The fourth-order valence-electron chi connectivity index (χ4n) is 3.19. The van der Waals surface area contributed by atoms with Gasteiger partial charge in [-0.2, -0.15) is 0 Å². The molecule has 1 saturated heterocycles. The smallest absolute Gasteiger partial charge is 0.307 e. The Morgan fingerprint density at radius 1 is 1.06 bits per heavy atom. The molecule has 1 aliphatic carbocycles. The largest absolute Gasteiger partial charge is 0.481 e. The van der Waals surface area contributed by atoms with Crippen molar-refractivity contribution < 1.29 is 14.7 Å². The molecule has 4 nitrogen and oxygen atoms in total. The lowest BCUT2D eigenvalue weighted by atomic mass is 9.92. The van der Waals surface area contributed by atoms with Gasteiger partial charge in [0.2, 0.25) is 5.91 Å². The normalized spacial score (nSPS) is 33.7. The fraction of sp³-hybridized carbons (Fsp3) is 0.846. The van der Waals surface area contributed by atoms with Crippen LogP contribution in [-0.2, 0) is 9.59 Å². The molecular formula is C13H21NO3. The van der Waals surface area contributed by atoms with Crippen LogP contribution in [0.15, 0.2) is 0 Å². The zero-order chi connectivity index (χ0) is 12.4. The first-order valence-corrected chi connectivity index (χ1v) is 6.64. The van der Waals surface area contributed by atoms with E-state index in [2.05, 4.69) is 6.92 Å². The average Bonchev–Trinajstić information content (AvgIpc) is 2.77. The van der Waals surface area contributed by atoms with Crippen molar-refractivity contribution >= 4 is 11.9 Å². The highest BCUT2D eigenvalue weighted by atomic mass is 16.4. The second-order valence-corrected chi connectivity index (χ2v) is 5.36. The predicted octanol–water partition coefficient (Wildman–Crippen LogP) is 1.89. The predicted molar refractivity (Wildman–Crippen MR) is 63.5 cm³/mol. The second-order valence-electron chi connectivity index (χ2n) is 5.36. The summed E-state index contributed by atoms with van der Waals surface area (Å²) in [4.78, 5) is 25.4. The van der Waals surface area contributed by atoms with Gasteiger partial charge >= 0.3 is 5.97 Å². The van der Waals surface area contributed by atoms with Crippen LogP contribution in [0.4, 0.5) is 0 Å². The molecule has 1 saturated carbocycles. The Hall–Kier alpha value is -1.06. The van der Waals surface area contributed by atoms with E-state index in [9.17, 15) is 9.59 Å². The molecule has 2 fully saturated rings. The molecule has 0 aromatic heterocycles. The van der Waals surface area contributed by atoms with Crippen molar-refractivity contribution in [3.63, 3.8) is 0 Å². The molecule has 96 valence electrons. The molecule has 2 rings (SSSR count). The monoisotopic (exact) mass is 239 g/mol. The Kier molecular flexibility index (Phi) is 3.69. The Morgan fingerprint density at radius 3 is 2.41 bits per heavy atom. The Morgan fingerprint density at radius 2 is 1.76 bits per heavy atom. The van der Waals surface area contributed by atoms with Crippen molar-refractivity contribution in [3.05, 3.63) is 0 Å². The third-order valence-corrected chi connectivity index (χ3v) is 4.24. The topological polar surface area (TPSA) is 57.6 Å². The van der Waals surface area contributed by atoms with E-state index in [-0.39, 0.29) is 17.9 Å². The molecule has 1 heterocycles. The SMILES string of the molecule is CC1CCCCN1C(=O)[C@@H]1CCC[C@@H]1C(=O)O. The van der Waals surface area contributed by atoms with Gasteiger partial charge in [-0.3, -0.25) is 9.59 Å². The molecule has 0 bridgehead atoms. The molecule has 1 amide bonds. The number of carboxylic acids is 1. The maximum Gasteiger partial charge on any atom is 0.307 e. The summed E-state index contributed by atoms with van der Waals surface area (Å²) in [5.74, 6) is -1.43. The molecule has 4 heteroatoms. The molecule has 1 aliphatic heterocycles. The Balaban J connectivity index is 2.05. The number of aliphatic carboxylic acids is 1. The van der Waals surface area contributed by atoms with Gasteiger partial charge in [0.15, 0.2) is 0 Å². The van der Waals surface area contributed by atoms with Crippen LogP contribution in [-0.4, -0.2) is 34.5 Å². The van der Waals surface area contributed by atoms with Gasteiger partial charge in [0.05, 0.1) is 11.8 Å². The van der Waals surface area contributed by atoms with Gasteiger partial charge < -0.3 is 10.0 Å². The van der Waals surface area contributed by atoms with Crippen LogP contribution >= 0.6 is 0 Å². The van der Waals surface area contributed by atoms with Gasteiger partial charge in [0.25, 0.3) is 0 Å². The van der Waals surface area contributed by atoms with Crippen molar-refractivity contribution in [1.29, 1.82) is 0 Å². The van der Waals surface area contributed by atoms with E-state index in [0.29, 0.717) is 6.42 Å². The highest BCUT2D eigenvalue weighted by Crippen LogP contribution is 2.34. The summed E-state index contributed by atoms with van der Waals surface area (Å²) in [6.45, 7) is 2.88. The van der Waals surface area contributed by atoms with E-state index in [0.717, 1.165) is 32.2 Å². The third-order valence-electron chi connectivity index (χ3n) is 4.24. The molecule has 0 spiro atoms. The standard InChI is InChI=1S/C13H21NO3/c1-9-5-2-3-8-14(9)12(15)10-6-4-7-11(10)13(16)17/h9-11H,2-8H2,1H3,(H,16,17)/t9?,10-,11+/m1/s1. The summed E-state index contributed by atoms with van der Waals surface area (Å²) in [5.41, 5.74) is 0. The van der Waals surface area contributed by atoms with Gasteiger partial charge in [-0.25, -0.2) is 0 Å². The van der Waals surface area contributed by atoms with Gasteiger partial charge in [-0.1, -0.05) is 6.42 Å². The molecule has 0 aromatic rings. The van der Waals surface area contributed by atoms with Crippen LogP contribution in [0.2, 0.25) is 0 Å². The van der Waals surface area contributed by atoms with E-state index in [1.54, 1.807) is 0 Å². The van der Waals surface area contributed by atoms with Crippen molar-refractivity contribution in [1.82, 2.24) is 4.90 Å². The molecule has 0 aromatic carbocycles. The van der Waals surface area contributed by atoms with Crippen LogP contribution in [0.5, 0.6) is 0 Å². The van der Waals surface area contributed by atoms with Crippen LogP contribution < -0.4 is 0 Å². The summed E-state index contributed by atoms with van der Waals surface area (Å²) >= 11 is 0. The van der Waals surface area contributed by atoms with E-state index >= 15 is 0 Å². The molecule has 17 heavy (non-hydrogen) atoms. The van der Waals surface area contributed by atoms with E-state index in [1.165, 1.54) is 6.42 Å². The van der Waals surface area contributed by atoms with Crippen molar-refractivity contribution in [3.8, 4) is 0 Å². The highest BCUT2D eigenvalue weighted by Gasteiger charge is 2.40. The van der Waals surface area contributed by atoms with Crippen LogP contribution in [0, 0.1) is 11.8 Å². The number of likely N-dealkylation sites (tertiary alicyclic amines) is 1.